The fourth-order valence-corrected chi connectivity index (χ4v) is 2.79. The maximum atomic E-state index is 11.5. The molecule has 19 heavy (non-hydrogen) atoms. The molecule has 0 aliphatic carbocycles. The highest BCUT2D eigenvalue weighted by atomic mass is 32.2. The predicted octanol–water partition coefficient (Wildman–Crippen LogP) is 1.70. The second-order valence-electron chi connectivity index (χ2n) is 4.26. The van der Waals surface area contributed by atoms with Crippen molar-refractivity contribution < 1.29 is 8.42 Å². The van der Waals surface area contributed by atoms with Gasteiger partial charge in [-0.15, -0.1) is 0 Å². The molecule has 0 atom stereocenters. The van der Waals surface area contributed by atoms with Gasteiger partial charge in [-0.05, 0) is 30.2 Å². The summed E-state index contributed by atoms with van der Waals surface area (Å²) in [6.45, 7) is 2.17. The molecule has 0 radical (unpaired) electrons. The molecule has 102 valence electrons. The molecule has 0 aliphatic heterocycles. The van der Waals surface area contributed by atoms with Crippen LogP contribution in [0.5, 0.6) is 0 Å². The molecule has 0 fully saturated rings. The zero-order valence-electron chi connectivity index (χ0n) is 10.8. The molecule has 5 nitrogen and oxygen atoms in total. The van der Waals surface area contributed by atoms with Crippen molar-refractivity contribution in [3.8, 4) is 5.69 Å². The minimum atomic E-state index is -3.15. The SMILES string of the molecule is CCCS(=O)(=O)NCc1ccc(-n2cccn2)cc1. The summed E-state index contributed by atoms with van der Waals surface area (Å²) in [5, 5.41) is 4.13. The van der Waals surface area contributed by atoms with Gasteiger partial charge in [0.2, 0.25) is 10.0 Å². The summed E-state index contributed by atoms with van der Waals surface area (Å²) in [4.78, 5) is 0. The van der Waals surface area contributed by atoms with Gasteiger partial charge in [0.1, 0.15) is 0 Å². The molecule has 1 aromatic carbocycles. The quantitative estimate of drug-likeness (QED) is 0.875. The van der Waals surface area contributed by atoms with Gasteiger partial charge in [0, 0.05) is 18.9 Å². The molecule has 2 aromatic rings. The third-order valence-corrected chi connectivity index (χ3v) is 4.20. The summed E-state index contributed by atoms with van der Waals surface area (Å²) in [6, 6.07) is 9.47. The van der Waals surface area contributed by atoms with Crippen molar-refractivity contribution in [3.05, 3.63) is 48.3 Å². The topological polar surface area (TPSA) is 64.0 Å². The van der Waals surface area contributed by atoms with Gasteiger partial charge in [-0.2, -0.15) is 5.10 Å². The first kappa shape index (κ1) is 13.8. The predicted molar refractivity (Wildman–Crippen MR) is 74.5 cm³/mol. The Balaban J connectivity index is 2.00. The van der Waals surface area contributed by atoms with Gasteiger partial charge in [-0.25, -0.2) is 17.8 Å². The highest BCUT2D eigenvalue weighted by Crippen LogP contribution is 2.08. The number of benzene rings is 1. The lowest BCUT2D eigenvalue weighted by molar-refractivity contribution is 0.580. The van der Waals surface area contributed by atoms with Crippen LogP contribution in [0.4, 0.5) is 0 Å². The lowest BCUT2D eigenvalue weighted by Gasteiger charge is -2.07. The van der Waals surface area contributed by atoms with Crippen molar-refractivity contribution in [2.45, 2.75) is 19.9 Å². The molecular weight excluding hydrogens is 262 g/mol. The van der Waals surface area contributed by atoms with Crippen molar-refractivity contribution in [1.29, 1.82) is 0 Å². The molecule has 2 rings (SSSR count). The number of aromatic nitrogens is 2. The van der Waals surface area contributed by atoms with E-state index in [1.807, 2.05) is 43.5 Å². The van der Waals surface area contributed by atoms with Gasteiger partial charge < -0.3 is 0 Å². The Bertz CT molecular complexity index is 604. The first-order valence-corrected chi connectivity index (χ1v) is 7.82. The summed E-state index contributed by atoms with van der Waals surface area (Å²) in [6.07, 6.45) is 4.19. The first-order valence-electron chi connectivity index (χ1n) is 6.17. The second kappa shape index (κ2) is 5.99. The molecule has 0 unspecified atom stereocenters. The summed E-state index contributed by atoms with van der Waals surface area (Å²) < 4.78 is 27.4. The van der Waals surface area contributed by atoms with Crippen LogP contribution in [0.25, 0.3) is 5.69 Å². The van der Waals surface area contributed by atoms with E-state index in [-0.39, 0.29) is 5.75 Å². The summed E-state index contributed by atoms with van der Waals surface area (Å²) in [5.41, 5.74) is 1.88. The largest absolute Gasteiger partial charge is 0.241 e. The fourth-order valence-electron chi connectivity index (χ4n) is 1.72. The smallest absolute Gasteiger partial charge is 0.211 e. The molecule has 0 spiro atoms. The number of sulfonamides is 1. The van der Waals surface area contributed by atoms with E-state index < -0.39 is 10.0 Å². The van der Waals surface area contributed by atoms with Gasteiger partial charge in [0.25, 0.3) is 0 Å². The van der Waals surface area contributed by atoms with Crippen molar-refractivity contribution in [1.82, 2.24) is 14.5 Å². The number of hydrogen-bond acceptors (Lipinski definition) is 3. The van der Waals surface area contributed by atoms with Gasteiger partial charge >= 0.3 is 0 Å². The van der Waals surface area contributed by atoms with Crippen LogP contribution in [-0.2, 0) is 16.6 Å². The van der Waals surface area contributed by atoms with Gasteiger partial charge in [-0.3, -0.25) is 0 Å². The van der Waals surface area contributed by atoms with E-state index in [0.29, 0.717) is 13.0 Å². The number of nitrogens with one attached hydrogen (secondary N) is 1. The summed E-state index contributed by atoms with van der Waals surface area (Å²) >= 11 is 0. The van der Waals surface area contributed by atoms with Gasteiger partial charge in [0.05, 0.1) is 11.4 Å². The Kier molecular flexibility index (Phi) is 4.34. The van der Waals surface area contributed by atoms with Crippen molar-refractivity contribution >= 4 is 10.0 Å². The van der Waals surface area contributed by atoms with Gasteiger partial charge in [-0.1, -0.05) is 19.1 Å². The lowest BCUT2D eigenvalue weighted by atomic mass is 10.2. The molecule has 1 heterocycles. The highest BCUT2D eigenvalue weighted by molar-refractivity contribution is 7.89. The van der Waals surface area contributed by atoms with E-state index in [0.717, 1.165) is 11.3 Å². The first-order chi connectivity index (χ1) is 9.11. The molecule has 0 amide bonds. The summed E-state index contributed by atoms with van der Waals surface area (Å²) in [5.74, 6) is 0.165. The molecule has 0 saturated carbocycles. The molecule has 0 bridgehead atoms. The van der Waals surface area contributed by atoms with Crippen LogP contribution in [0.2, 0.25) is 0 Å². The van der Waals surface area contributed by atoms with Crippen LogP contribution in [0.15, 0.2) is 42.7 Å². The minimum absolute atomic E-state index is 0.165. The Hall–Kier alpha value is -1.66. The minimum Gasteiger partial charge on any atom is -0.241 e. The zero-order chi connectivity index (χ0) is 13.7. The number of hydrogen-bond donors (Lipinski definition) is 1. The second-order valence-corrected chi connectivity index (χ2v) is 6.18. The fraction of sp³-hybridized carbons (Fsp3) is 0.308. The molecule has 1 aromatic heterocycles. The van der Waals surface area contributed by atoms with E-state index in [4.69, 9.17) is 0 Å². The zero-order valence-corrected chi connectivity index (χ0v) is 11.6. The highest BCUT2D eigenvalue weighted by Gasteiger charge is 2.07. The van der Waals surface area contributed by atoms with E-state index in [1.165, 1.54) is 0 Å². The van der Waals surface area contributed by atoms with Gasteiger partial charge in [0.15, 0.2) is 0 Å². The Morgan fingerprint density at radius 3 is 2.58 bits per heavy atom. The Morgan fingerprint density at radius 2 is 2.00 bits per heavy atom. The van der Waals surface area contributed by atoms with Crippen LogP contribution >= 0.6 is 0 Å². The number of nitrogens with zero attached hydrogens (tertiary/aromatic N) is 2. The van der Waals surface area contributed by atoms with Crippen molar-refractivity contribution in [3.63, 3.8) is 0 Å². The van der Waals surface area contributed by atoms with E-state index in [2.05, 4.69) is 9.82 Å². The third-order valence-electron chi connectivity index (χ3n) is 2.67. The Labute approximate surface area is 113 Å². The Morgan fingerprint density at radius 1 is 1.26 bits per heavy atom. The third kappa shape index (κ3) is 3.90. The maximum Gasteiger partial charge on any atom is 0.211 e. The normalized spacial score (nSPS) is 11.6. The average molecular weight is 279 g/mol. The molecular formula is C13H17N3O2S. The van der Waals surface area contributed by atoms with Crippen LogP contribution < -0.4 is 4.72 Å². The summed E-state index contributed by atoms with van der Waals surface area (Å²) in [7, 11) is -3.15. The molecule has 0 saturated heterocycles. The van der Waals surface area contributed by atoms with E-state index >= 15 is 0 Å². The van der Waals surface area contributed by atoms with Crippen LogP contribution in [0, 0.1) is 0 Å². The van der Waals surface area contributed by atoms with Crippen LogP contribution in [0.3, 0.4) is 0 Å². The monoisotopic (exact) mass is 279 g/mol. The standard InChI is InChI=1S/C13H17N3O2S/c1-2-10-19(17,18)15-11-12-4-6-13(7-5-12)16-9-3-8-14-16/h3-9,15H,2,10-11H2,1H3. The average Bonchev–Trinajstić information content (AvgIpc) is 2.91. The van der Waals surface area contributed by atoms with Crippen molar-refractivity contribution in [2.24, 2.45) is 0 Å². The van der Waals surface area contributed by atoms with E-state index in [9.17, 15) is 8.42 Å². The van der Waals surface area contributed by atoms with Crippen molar-refractivity contribution in [2.75, 3.05) is 5.75 Å². The van der Waals surface area contributed by atoms with Crippen LogP contribution in [0.1, 0.15) is 18.9 Å². The molecule has 6 heteroatoms. The number of rotatable bonds is 6. The maximum absolute atomic E-state index is 11.5. The van der Waals surface area contributed by atoms with Crippen LogP contribution in [-0.4, -0.2) is 24.0 Å². The molecule has 0 aliphatic rings. The molecule has 1 N–H and O–H groups in total. The van der Waals surface area contributed by atoms with E-state index in [1.54, 1.807) is 10.9 Å². The lowest BCUT2D eigenvalue weighted by Crippen LogP contribution is -2.25.